The monoisotopic (exact) mass is 479 g/mol. The van der Waals surface area contributed by atoms with Crippen LogP contribution in [0.1, 0.15) is 18.9 Å². The van der Waals surface area contributed by atoms with E-state index >= 15 is 0 Å². The zero-order chi connectivity index (χ0) is 23.5. The number of nitrogens with zero attached hydrogens (tertiary/aromatic N) is 2. The second-order valence-corrected chi connectivity index (χ2v) is 8.76. The molecule has 0 fully saturated rings. The highest BCUT2D eigenvalue weighted by Crippen LogP contribution is 2.31. The molecule has 2 aromatic rings. The van der Waals surface area contributed by atoms with Gasteiger partial charge in [-0.05, 0) is 31.5 Å². The van der Waals surface area contributed by atoms with Gasteiger partial charge in [-0.3, -0.25) is 14.9 Å². The van der Waals surface area contributed by atoms with Gasteiger partial charge in [0.2, 0.25) is 15.9 Å². The molecule has 0 bridgehead atoms. The number of benzene rings is 2. The number of hydrogen-bond acceptors (Lipinski definition) is 5. The Hall–Kier alpha value is -2.70. The number of nitro groups is 1. The lowest BCUT2D eigenvalue weighted by Crippen LogP contribution is -2.38. The van der Waals surface area contributed by atoms with Gasteiger partial charge in [0.05, 0.1) is 27.1 Å². The van der Waals surface area contributed by atoms with Crippen LogP contribution in [-0.4, -0.2) is 36.6 Å². The molecule has 0 aliphatic rings. The van der Waals surface area contributed by atoms with Crippen molar-refractivity contribution >= 4 is 38.9 Å². The summed E-state index contributed by atoms with van der Waals surface area (Å²) in [5, 5.41) is 13.0. The van der Waals surface area contributed by atoms with Crippen molar-refractivity contribution in [1.29, 1.82) is 0 Å². The largest absolute Gasteiger partial charge is 0.322 e. The van der Waals surface area contributed by atoms with Gasteiger partial charge in [0.15, 0.2) is 17.5 Å². The Kier molecular flexibility index (Phi) is 7.63. The van der Waals surface area contributed by atoms with Crippen LogP contribution < -0.4 is 5.32 Å². The van der Waals surface area contributed by atoms with Gasteiger partial charge in [0.25, 0.3) is 5.69 Å². The maximum absolute atomic E-state index is 13.8. The summed E-state index contributed by atoms with van der Waals surface area (Å²) in [5.74, 6) is -5.92. The van der Waals surface area contributed by atoms with E-state index in [4.69, 9.17) is 11.6 Å². The molecular weight excluding hydrogens is 463 g/mol. The molecule has 0 unspecified atom stereocenters. The number of anilines is 1. The normalized spacial score (nSPS) is 11.6. The summed E-state index contributed by atoms with van der Waals surface area (Å²) in [6.07, 6.45) is 0.272. The Morgan fingerprint density at radius 2 is 1.87 bits per heavy atom. The van der Waals surface area contributed by atoms with Crippen molar-refractivity contribution in [2.24, 2.45) is 0 Å². The van der Waals surface area contributed by atoms with E-state index in [0.717, 1.165) is 18.2 Å². The van der Waals surface area contributed by atoms with Crippen LogP contribution in [0, 0.1) is 34.5 Å². The Morgan fingerprint density at radius 1 is 1.23 bits per heavy atom. The van der Waals surface area contributed by atoms with Crippen molar-refractivity contribution in [2.45, 2.75) is 25.2 Å². The summed E-state index contributed by atoms with van der Waals surface area (Å²) >= 11 is 5.93. The lowest BCUT2D eigenvalue weighted by Gasteiger charge is -2.21. The Bertz CT molecular complexity index is 1140. The SMILES string of the molecule is CCCN(CC(=O)Nc1ccc(F)c(F)c1F)S(=O)(=O)c1cc(Cl)c(C)c([N+](=O)[O-])c1. The highest BCUT2D eigenvalue weighted by atomic mass is 35.5. The molecule has 1 amide bonds. The summed E-state index contributed by atoms with van der Waals surface area (Å²) in [6, 6.07) is 3.23. The fourth-order valence-electron chi connectivity index (χ4n) is 2.63. The minimum absolute atomic E-state index is 0.0687. The highest BCUT2D eigenvalue weighted by Gasteiger charge is 2.30. The van der Waals surface area contributed by atoms with E-state index in [-0.39, 0.29) is 23.6 Å². The van der Waals surface area contributed by atoms with E-state index in [9.17, 15) is 36.5 Å². The van der Waals surface area contributed by atoms with Gasteiger partial charge < -0.3 is 5.32 Å². The third kappa shape index (κ3) is 5.32. The molecule has 0 spiro atoms. The van der Waals surface area contributed by atoms with Crippen LogP contribution in [0.5, 0.6) is 0 Å². The first-order valence-corrected chi connectivity index (χ1v) is 10.6. The third-order valence-corrected chi connectivity index (χ3v) is 6.44. The number of nitro benzene ring substituents is 1. The lowest BCUT2D eigenvalue weighted by atomic mass is 10.2. The molecule has 2 aromatic carbocycles. The summed E-state index contributed by atoms with van der Waals surface area (Å²) < 4.78 is 66.8. The van der Waals surface area contributed by atoms with Gasteiger partial charge in [-0.25, -0.2) is 21.6 Å². The van der Waals surface area contributed by atoms with Crippen molar-refractivity contribution in [3.05, 3.63) is 62.4 Å². The van der Waals surface area contributed by atoms with Gasteiger partial charge in [0, 0.05) is 18.2 Å². The number of carbonyl (C=O) groups is 1. The Labute approximate surface area is 180 Å². The summed E-state index contributed by atoms with van der Waals surface area (Å²) in [4.78, 5) is 22.2. The van der Waals surface area contributed by atoms with Crippen LogP contribution in [0.15, 0.2) is 29.2 Å². The van der Waals surface area contributed by atoms with E-state index in [1.807, 2.05) is 5.32 Å². The molecule has 0 saturated heterocycles. The van der Waals surface area contributed by atoms with Crippen molar-refractivity contribution < 1.29 is 31.3 Å². The van der Waals surface area contributed by atoms with Crippen LogP contribution in [0.25, 0.3) is 0 Å². The van der Waals surface area contributed by atoms with Gasteiger partial charge in [0.1, 0.15) is 0 Å². The van der Waals surface area contributed by atoms with Crippen LogP contribution >= 0.6 is 11.6 Å². The maximum Gasteiger partial charge on any atom is 0.275 e. The molecule has 0 aliphatic heterocycles. The number of rotatable bonds is 8. The molecule has 0 aliphatic carbocycles. The first-order chi connectivity index (χ1) is 14.4. The predicted molar refractivity (Wildman–Crippen MR) is 107 cm³/mol. The summed E-state index contributed by atoms with van der Waals surface area (Å²) in [5.41, 5.74) is -1.12. The van der Waals surface area contributed by atoms with E-state index in [0.29, 0.717) is 10.4 Å². The second-order valence-electron chi connectivity index (χ2n) is 6.42. The average molecular weight is 480 g/mol. The molecular formula is C18H17ClF3N3O5S. The third-order valence-electron chi connectivity index (χ3n) is 4.23. The predicted octanol–water partition coefficient (Wildman–Crippen LogP) is 4.01. The lowest BCUT2D eigenvalue weighted by molar-refractivity contribution is -0.385. The van der Waals surface area contributed by atoms with E-state index in [1.165, 1.54) is 6.92 Å². The number of sulfonamides is 1. The van der Waals surface area contributed by atoms with Crippen molar-refractivity contribution in [2.75, 3.05) is 18.4 Å². The topological polar surface area (TPSA) is 110 Å². The van der Waals surface area contributed by atoms with Crippen molar-refractivity contribution in [3.63, 3.8) is 0 Å². The quantitative estimate of drug-likeness (QED) is 0.349. The van der Waals surface area contributed by atoms with Crippen molar-refractivity contribution in [1.82, 2.24) is 4.31 Å². The summed E-state index contributed by atoms with van der Waals surface area (Å²) in [7, 11) is -4.42. The molecule has 0 heterocycles. The molecule has 0 aromatic heterocycles. The molecule has 8 nitrogen and oxygen atoms in total. The van der Waals surface area contributed by atoms with Gasteiger partial charge in [-0.1, -0.05) is 18.5 Å². The molecule has 168 valence electrons. The smallest absolute Gasteiger partial charge is 0.275 e. The van der Waals surface area contributed by atoms with E-state index in [2.05, 4.69) is 0 Å². The maximum atomic E-state index is 13.8. The molecule has 1 N–H and O–H groups in total. The Balaban J connectivity index is 2.36. The van der Waals surface area contributed by atoms with Crippen LogP contribution in [-0.2, 0) is 14.8 Å². The molecule has 0 atom stereocenters. The van der Waals surface area contributed by atoms with E-state index < -0.39 is 61.1 Å². The zero-order valence-corrected chi connectivity index (χ0v) is 17.9. The first kappa shape index (κ1) is 24.6. The Morgan fingerprint density at radius 3 is 2.45 bits per heavy atom. The van der Waals surface area contributed by atoms with E-state index in [1.54, 1.807) is 6.92 Å². The molecule has 13 heteroatoms. The standard InChI is InChI=1S/C18H17ClF3N3O5S/c1-3-6-24(9-16(26)23-14-5-4-13(20)17(21)18(14)22)31(29,30)11-7-12(19)10(2)15(8-11)25(27)28/h4-5,7-8H,3,6,9H2,1-2H3,(H,23,26). The van der Waals surface area contributed by atoms with Gasteiger partial charge in [-0.15, -0.1) is 0 Å². The number of amides is 1. The fourth-order valence-corrected chi connectivity index (χ4v) is 4.45. The first-order valence-electron chi connectivity index (χ1n) is 8.78. The number of hydrogen-bond donors (Lipinski definition) is 1. The second kappa shape index (κ2) is 9.62. The van der Waals surface area contributed by atoms with Crippen LogP contribution in [0.3, 0.4) is 0 Å². The molecule has 2 rings (SSSR count). The minimum atomic E-state index is -4.42. The highest BCUT2D eigenvalue weighted by molar-refractivity contribution is 7.89. The number of nitrogens with one attached hydrogen (secondary N) is 1. The van der Waals surface area contributed by atoms with Crippen molar-refractivity contribution in [3.8, 4) is 0 Å². The molecule has 0 radical (unpaired) electrons. The average Bonchev–Trinajstić information content (AvgIpc) is 2.69. The molecule has 0 saturated carbocycles. The van der Waals surface area contributed by atoms with Crippen LogP contribution in [0.2, 0.25) is 5.02 Å². The zero-order valence-electron chi connectivity index (χ0n) is 16.3. The summed E-state index contributed by atoms with van der Waals surface area (Å²) in [6.45, 7) is 2.01. The van der Waals surface area contributed by atoms with Gasteiger partial charge >= 0.3 is 0 Å². The molecule has 31 heavy (non-hydrogen) atoms. The van der Waals surface area contributed by atoms with Gasteiger partial charge in [-0.2, -0.15) is 4.31 Å². The fraction of sp³-hybridized carbons (Fsp3) is 0.278. The minimum Gasteiger partial charge on any atom is -0.322 e. The number of carbonyl (C=O) groups excluding carboxylic acids is 1. The van der Waals surface area contributed by atoms with Crippen LogP contribution in [0.4, 0.5) is 24.5 Å². The number of halogens is 4.